The first-order valence-electron chi connectivity index (χ1n) is 6.63. The first kappa shape index (κ1) is 17.1. The zero-order valence-electron chi connectivity index (χ0n) is 13.1. The smallest absolute Gasteiger partial charge is 0.407 e. The van der Waals surface area contributed by atoms with Gasteiger partial charge < -0.3 is 24.6 Å². The fourth-order valence-corrected chi connectivity index (χ4v) is 1.67. The molecule has 1 amide bonds. The number of hydrogen-bond donors (Lipinski definition) is 2. The molecule has 0 aliphatic rings. The molecule has 1 aromatic carbocycles. The molecule has 6 heteroatoms. The number of nitrogens with one attached hydrogen (secondary N) is 1. The number of carbonyl (C=O) groups is 1. The summed E-state index contributed by atoms with van der Waals surface area (Å²) in [7, 11) is 3.06. The van der Waals surface area contributed by atoms with E-state index < -0.39 is 17.8 Å². The van der Waals surface area contributed by atoms with Crippen LogP contribution in [0.4, 0.5) is 4.79 Å². The van der Waals surface area contributed by atoms with Crippen molar-refractivity contribution in [2.45, 2.75) is 32.5 Å². The van der Waals surface area contributed by atoms with Crippen LogP contribution in [-0.2, 0) is 4.74 Å². The van der Waals surface area contributed by atoms with Crippen molar-refractivity contribution in [3.05, 3.63) is 23.8 Å². The lowest BCUT2D eigenvalue weighted by atomic mass is 10.1. The van der Waals surface area contributed by atoms with E-state index in [9.17, 15) is 9.90 Å². The van der Waals surface area contributed by atoms with Crippen molar-refractivity contribution in [3.63, 3.8) is 0 Å². The molecule has 0 saturated heterocycles. The van der Waals surface area contributed by atoms with Gasteiger partial charge in [0.25, 0.3) is 0 Å². The lowest BCUT2D eigenvalue weighted by Gasteiger charge is -2.20. The predicted molar refractivity (Wildman–Crippen MR) is 78.7 cm³/mol. The van der Waals surface area contributed by atoms with Gasteiger partial charge in [-0.15, -0.1) is 0 Å². The Labute approximate surface area is 125 Å². The second kappa shape index (κ2) is 7.17. The number of alkyl carbamates (subject to hydrolysis) is 1. The number of aliphatic hydroxyl groups excluding tert-OH is 1. The Morgan fingerprint density at radius 1 is 1.24 bits per heavy atom. The van der Waals surface area contributed by atoms with E-state index in [1.165, 1.54) is 14.2 Å². The third kappa shape index (κ3) is 5.51. The monoisotopic (exact) mass is 297 g/mol. The first-order valence-corrected chi connectivity index (χ1v) is 6.63. The number of ether oxygens (including phenoxy) is 3. The molecule has 0 bridgehead atoms. The molecule has 0 aliphatic carbocycles. The van der Waals surface area contributed by atoms with Crippen molar-refractivity contribution in [1.82, 2.24) is 5.32 Å². The Morgan fingerprint density at radius 3 is 2.38 bits per heavy atom. The van der Waals surface area contributed by atoms with Gasteiger partial charge in [-0.1, -0.05) is 6.07 Å². The lowest BCUT2D eigenvalue weighted by molar-refractivity contribution is 0.0491. The first-order chi connectivity index (χ1) is 9.76. The van der Waals surface area contributed by atoms with Crippen LogP contribution in [-0.4, -0.2) is 37.6 Å². The largest absolute Gasteiger partial charge is 0.493 e. The van der Waals surface area contributed by atoms with Crippen molar-refractivity contribution >= 4 is 6.09 Å². The van der Waals surface area contributed by atoms with Gasteiger partial charge in [-0.3, -0.25) is 0 Å². The van der Waals surface area contributed by atoms with Crippen molar-refractivity contribution in [2.75, 3.05) is 20.8 Å². The third-order valence-electron chi connectivity index (χ3n) is 2.63. The summed E-state index contributed by atoms with van der Waals surface area (Å²) in [6, 6.07) is 5.08. The summed E-state index contributed by atoms with van der Waals surface area (Å²) in [5.74, 6) is 1.10. The number of amides is 1. The van der Waals surface area contributed by atoms with Crippen LogP contribution in [0.1, 0.15) is 32.4 Å². The maximum atomic E-state index is 11.5. The van der Waals surface area contributed by atoms with E-state index in [4.69, 9.17) is 14.2 Å². The van der Waals surface area contributed by atoms with Crippen LogP contribution < -0.4 is 14.8 Å². The Balaban J connectivity index is 2.63. The van der Waals surface area contributed by atoms with Crippen LogP contribution in [0.25, 0.3) is 0 Å². The minimum atomic E-state index is -0.864. The van der Waals surface area contributed by atoms with E-state index in [2.05, 4.69) is 5.32 Å². The van der Waals surface area contributed by atoms with Gasteiger partial charge >= 0.3 is 6.09 Å². The van der Waals surface area contributed by atoms with Gasteiger partial charge in [-0.25, -0.2) is 4.79 Å². The molecular formula is C15H23NO5. The van der Waals surface area contributed by atoms with Crippen LogP contribution in [0.5, 0.6) is 11.5 Å². The molecule has 1 atom stereocenters. The summed E-state index contributed by atoms with van der Waals surface area (Å²) < 4.78 is 15.4. The van der Waals surface area contributed by atoms with E-state index in [1.54, 1.807) is 39.0 Å². The molecule has 1 aromatic rings. The Kier molecular flexibility index (Phi) is 5.84. The molecule has 0 radical (unpaired) electrons. The summed E-state index contributed by atoms with van der Waals surface area (Å²) in [6.07, 6.45) is -1.43. The molecule has 0 heterocycles. The second-order valence-electron chi connectivity index (χ2n) is 5.51. The maximum Gasteiger partial charge on any atom is 0.407 e. The average molecular weight is 297 g/mol. The minimum absolute atomic E-state index is 0.0460. The summed E-state index contributed by atoms with van der Waals surface area (Å²) >= 11 is 0. The van der Waals surface area contributed by atoms with Crippen molar-refractivity contribution in [1.29, 1.82) is 0 Å². The zero-order chi connectivity index (χ0) is 16.0. The van der Waals surface area contributed by atoms with E-state index in [0.29, 0.717) is 17.1 Å². The fourth-order valence-electron chi connectivity index (χ4n) is 1.67. The molecule has 1 unspecified atom stereocenters. The third-order valence-corrected chi connectivity index (χ3v) is 2.63. The number of aliphatic hydroxyl groups is 1. The van der Waals surface area contributed by atoms with E-state index >= 15 is 0 Å². The van der Waals surface area contributed by atoms with Gasteiger partial charge in [0.2, 0.25) is 0 Å². The van der Waals surface area contributed by atoms with Gasteiger partial charge in [-0.2, -0.15) is 0 Å². The zero-order valence-corrected chi connectivity index (χ0v) is 13.1. The molecule has 0 fully saturated rings. The highest BCUT2D eigenvalue weighted by Gasteiger charge is 2.18. The predicted octanol–water partition coefficient (Wildman–Crippen LogP) is 2.26. The second-order valence-corrected chi connectivity index (χ2v) is 5.51. The van der Waals surface area contributed by atoms with Crippen LogP contribution in [0.3, 0.4) is 0 Å². The number of hydrogen-bond acceptors (Lipinski definition) is 5. The topological polar surface area (TPSA) is 77.0 Å². The molecule has 1 rings (SSSR count). The summed E-state index contributed by atoms with van der Waals surface area (Å²) in [4.78, 5) is 11.5. The highest BCUT2D eigenvalue weighted by atomic mass is 16.6. The quantitative estimate of drug-likeness (QED) is 0.871. The van der Waals surface area contributed by atoms with E-state index in [0.717, 1.165) is 0 Å². The fraction of sp³-hybridized carbons (Fsp3) is 0.533. The highest BCUT2D eigenvalue weighted by Crippen LogP contribution is 2.29. The number of carbonyl (C=O) groups excluding carboxylic acids is 1. The van der Waals surface area contributed by atoms with Crippen LogP contribution >= 0.6 is 0 Å². The molecule has 118 valence electrons. The molecule has 0 saturated carbocycles. The number of rotatable bonds is 5. The molecule has 21 heavy (non-hydrogen) atoms. The van der Waals surface area contributed by atoms with E-state index in [-0.39, 0.29) is 6.54 Å². The van der Waals surface area contributed by atoms with Crippen molar-refractivity contribution in [3.8, 4) is 11.5 Å². The molecule has 0 spiro atoms. The number of methoxy groups -OCH3 is 2. The molecule has 0 aromatic heterocycles. The summed E-state index contributed by atoms with van der Waals surface area (Å²) in [6.45, 7) is 5.37. The minimum Gasteiger partial charge on any atom is -0.493 e. The van der Waals surface area contributed by atoms with Crippen LogP contribution in [0.2, 0.25) is 0 Å². The molecular weight excluding hydrogens is 274 g/mol. The SMILES string of the molecule is COc1ccc(C(O)CNC(=O)OC(C)(C)C)cc1OC. The number of benzene rings is 1. The van der Waals surface area contributed by atoms with Gasteiger partial charge in [0.05, 0.1) is 26.9 Å². The Morgan fingerprint density at radius 2 is 1.86 bits per heavy atom. The Hall–Kier alpha value is -1.95. The normalized spacial score (nSPS) is 12.5. The standard InChI is InChI=1S/C15H23NO5/c1-15(2,3)21-14(18)16-9-11(17)10-6-7-12(19-4)13(8-10)20-5/h6-8,11,17H,9H2,1-5H3,(H,16,18). The van der Waals surface area contributed by atoms with E-state index in [1.807, 2.05) is 0 Å². The lowest BCUT2D eigenvalue weighted by Crippen LogP contribution is -2.34. The van der Waals surface area contributed by atoms with Gasteiger partial charge in [0.1, 0.15) is 5.60 Å². The van der Waals surface area contributed by atoms with Crippen molar-refractivity contribution < 1.29 is 24.1 Å². The molecule has 2 N–H and O–H groups in total. The summed E-state index contributed by atoms with van der Waals surface area (Å²) in [5.41, 5.74) is 0.0435. The van der Waals surface area contributed by atoms with Crippen molar-refractivity contribution in [2.24, 2.45) is 0 Å². The van der Waals surface area contributed by atoms with Gasteiger partial charge in [0, 0.05) is 0 Å². The molecule has 6 nitrogen and oxygen atoms in total. The Bertz CT molecular complexity index is 481. The van der Waals surface area contributed by atoms with Gasteiger partial charge in [0.15, 0.2) is 11.5 Å². The van der Waals surface area contributed by atoms with Crippen LogP contribution in [0.15, 0.2) is 18.2 Å². The van der Waals surface area contributed by atoms with Crippen LogP contribution in [0, 0.1) is 0 Å². The average Bonchev–Trinajstić information content (AvgIpc) is 2.42. The highest BCUT2D eigenvalue weighted by molar-refractivity contribution is 5.67. The molecule has 0 aliphatic heterocycles. The van der Waals surface area contributed by atoms with Gasteiger partial charge in [-0.05, 0) is 38.5 Å². The maximum absolute atomic E-state index is 11.5. The summed E-state index contributed by atoms with van der Waals surface area (Å²) in [5, 5.41) is 12.6.